The molecular weight excluding hydrogens is 282 g/mol. The molecule has 0 aliphatic carbocycles. The zero-order chi connectivity index (χ0) is 15.5. The number of aromatic nitrogens is 1. The molecule has 1 saturated heterocycles. The molecule has 0 saturated carbocycles. The van der Waals surface area contributed by atoms with E-state index in [2.05, 4.69) is 10.3 Å². The van der Waals surface area contributed by atoms with E-state index >= 15 is 0 Å². The largest absolute Gasteiger partial charge is 0.480 e. The Kier molecular flexibility index (Phi) is 4.11. The van der Waals surface area contributed by atoms with E-state index in [-0.39, 0.29) is 12.5 Å². The maximum Gasteiger partial charge on any atom is 0.322 e. The van der Waals surface area contributed by atoms with Crippen LogP contribution in [0.25, 0.3) is 10.9 Å². The minimum Gasteiger partial charge on any atom is -0.480 e. The molecule has 3 rings (SSSR count). The molecule has 22 heavy (non-hydrogen) atoms. The van der Waals surface area contributed by atoms with Crippen molar-refractivity contribution in [2.45, 2.75) is 18.9 Å². The van der Waals surface area contributed by atoms with E-state index in [1.165, 1.54) is 0 Å². The van der Waals surface area contributed by atoms with Gasteiger partial charge in [-0.15, -0.1) is 0 Å². The number of H-pyrrole nitrogens is 1. The quantitative estimate of drug-likeness (QED) is 0.786. The Bertz CT molecular complexity index is 695. The number of rotatable bonds is 4. The fourth-order valence-electron chi connectivity index (χ4n) is 2.88. The summed E-state index contributed by atoms with van der Waals surface area (Å²) in [5.74, 6) is -0.896. The van der Waals surface area contributed by atoms with Crippen molar-refractivity contribution in [2.24, 2.45) is 0 Å². The SMILES string of the molecule is O=C(O)C1CN(C(=O)CCc2c[nH]c3ccccc23)CCN1. The van der Waals surface area contributed by atoms with Crippen LogP contribution in [0.2, 0.25) is 0 Å². The van der Waals surface area contributed by atoms with E-state index < -0.39 is 12.0 Å². The zero-order valence-corrected chi connectivity index (χ0v) is 12.2. The highest BCUT2D eigenvalue weighted by atomic mass is 16.4. The van der Waals surface area contributed by atoms with Gasteiger partial charge >= 0.3 is 5.97 Å². The molecule has 1 amide bonds. The fraction of sp³-hybridized carbons (Fsp3) is 0.375. The average Bonchev–Trinajstić information content (AvgIpc) is 2.96. The third-order valence-electron chi connectivity index (χ3n) is 4.11. The average molecular weight is 301 g/mol. The lowest BCUT2D eigenvalue weighted by Crippen LogP contribution is -2.55. The molecule has 1 atom stereocenters. The normalized spacial score (nSPS) is 18.5. The first-order valence-corrected chi connectivity index (χ1v) is 7.44. The monoisotopic (exact) mass is 301 g/mol. The van der Waals surface area contributed by atoms with Gasteiger partial charge in [0.15, 0.2) is 0 Å². The second kappa shape index (κ2) is 6.19. The number of hydrogen-bond acceptors (Lipinski definition) is 3. The van der Waals surface area contributed by atoms with Crippen LogP contribution in [0.15, 0.2) is 30.5 Å². The van der Waals surface area contributed by atoms with E-state index in [4.69, 9.17) is 5.11 Å². The van der Waals surface area contributed by atoms with Crippen molar-refractivity contribution in [3.63, 3.8) is 0 Å². The standard InChI is InChI=1S/C16H19N3O3/c20-15(19-8-7-17-14(10-19)16(21)22)6-5-11-9-18-13-4-2-1-3-12(11)13/h1-4,9,14,17-18H,5-8,10H2,(H,21,22). The van der Waals surface area contributed by atoms with E-state index in [9.17, 15) is 9.59 Å². The number of carbonyl (C=O) groups excluding carboxylic acids is 1. The molecule has 2 heterocycles. The highest BCUT2D eigenvalue weighted by molar-refractivity contribution is 5.84. The van der Waals surface area contributed by atoms with Crippen molar-refractivity contribution < 1.29 is 14.7 Å². The Morgan fingerprint density at radius 1 is 1.32 bits per heavy atom. The summed E-state index contributed by atoms with van der Waals surface area (Å²) in [4.78, 5) is 28.1. The van der Waals surface area contributed by atoms with E-state index in [0.29, 0.717) is 25.9 Å². The summed E-state index contributed by atoms with van der Waals surface area (Å²) >= 11 is 0. The Labute approximate surface area is 128 Å². The lowest BCUT2D eigenvalue weighted by Gasteiger charge is -2.31. The van der Waals surface area contributed by atoms with Gasteiger partial charge in [0.2, 0.25) is 5.91 Å². The van der Waals surface area contributed by atoms with Gasteiger partial charge in [0.25, 0.3) is 0 Å². The summed E-state index contributed by atoms with van der Waals surface area (Å²) < 4.78 is 0. The fourth-order valence-corrected chi connectivity index (χ4v) is 2.88. The van der Waals surface area contributed by atoms with E-state index in [0.717, 1.165) is 16.5 Å². The lowest BCUT2D eigenvalue weighted by atomic mass is 10.1. The Hall–Kier alpha value is -2.34. The molecule has 1 aliphatic rings. The van der Waals surface area contributed by atoms with Crippen molar-refractivity contribution in [2.75, 3.05) is 19.6 Å². The molecule has 1 aliphatic heterocycles. The van der Waals surface area contributed by atoms with Crippen LogP contribution in [0.1, 0.15) is 12.0 Å². The van der Waals surface area contributed by atoms with Crippen LogP contribution in [-0.4, -0.2) is 52.5 Å². The molecule has 0 radical (unpaired) electrons. The van der Waals surface area contributed by atoms with Crippen LogP contribution in [0.5, 0.6) is 0 Å². The summed E-state index contributed by atoms with van der Waals surface area (Å²) in [6.07, 6.45) is 2.99. The number of para-hydroxylation sites is 1. The molecule has 0 spiro atoms. The van der Waals surface area contributed by atoms with Crippen molar-refractivity contribution >= 4 is 22.8 Å². The van der Waals surface area contributed by atoms with Crippen molar-refractivity contribution in [3.8, 4) is 0 Å². The number of aromatic amines is 1. The number of amides is 1. The van der Waals surface area contributed by atoms with Crippen LogP contribution in [0.3, 0.4) is 0 Å². The van der Waals surface area contributed by atoms with Gasteiger partial charge in [0.1, 0.15) is 6.04 Å². The maximum absolute atomic E-state index is 12.3. The topological polar surface area (TPSA) is 85.4 Å². The number of aryl methyl sites for hydroxylation is 1. The third kappa shape index (κ3) is 2.96. The lowest BCUT2D eigenvalue weighted by molar-refractivity contribution is -0.142. The number of nitrogens with one attached hydrogen (secondary N) is 2. The first-order chi connectivity index (χ1) is 10.6. The zero-order valence-electron chi connectivity index (χ0n) is 12.2. The number of nitrogens with zero attached hydrogens (tertiary/aromatic N) is 1. The molecule has 3 N–H and O–H groups in total. The Balaban J connectivity index is 1.61. The summed E-state index contributed by atoms with van der Waals surface area (Å²) in [5, 5.41) is 13.1. The molecule has 1 aromatic heterocycles. The van der Waals surface area contributed by atoms with Crippen molar-refractivity contribution in [1.82, 2.24) is 15.2 Å². The minimum absolute atomic E-state index is 0.0121. The van der Waals surface area contributed by atoms with Gasteiger partial charge in [-0.3, -0.25) is 9.59 Å². The molecule has 116 valence electrons. The molecule has 6 nitrogen and oxygen atoms in total. The van der Waals surface area contributed by atoms with Crippen LogP contribution < -0.4 is 5.32 Å². The van der Waals surface area contributed by atoms with Crippen LogP contribution in [0.4, 0.5) is 0 Å². The van der Waals surface area contributed by atoms with Crippen LogP contribution in [-0.2, 0) is 16.0 Å². The minimum atomic E-state index is -0.908. The van der Waals surface area contributed by atoms with Gasteiger partial charge in [-0.1, -0.05) is 18.2 Å². The highest BCUT2D eigenvalue weighted by Gasteiger charge is 2.27. The van der Waals surface area contributed by atoms with Gasteiger partial charge in [-0.05, 0) is 18.1 Å². The number of carboxylic acids is 1. The van der Waals surface area contributed by atoms with Gasteiger partial charge < -0.3 is 20.3 Å². The molecular formula is C16H19N3O3. The van der Waals surface area contributed by atoms with E-state index in [1.807, 2.05) is 30.5 Å². The third-order valence-corrected chi connectivity index (χ3v) is 4.11. The van der Waals surface area contributed by atoms with Crippen LogP contribution >= 0.6 is 0 Å². The number of fused-ring (bicyclic) bond motifs is 1. The molecule has 2 aromatic rings. The second-order valence-corrected chi connectivity index (χ2v) is 5.54. The van der Waals surface area contributed by atoms with Crippen LogP contribution in [0, 0.1) is 0 Å². The van der Waals surface area contributed by atoms with Gasteiger partial charge in [-0.25, -0.2) is 0 Å². The highest BCUT2D eigenvalue weighted by Crippen LogP contribution is 2.19. The number of aliphatic carboxylic acids is 1. The van der Waals surface area contributed by atoms with Crippen molar-refractivity contribution in [1.29, 1.82) is 0 Å². The van der Waals surface area contributed by atoms with Crippen molar-refractivity contribution in [3.05, 3.63) is 36.0 Å². The van der Waals surface area contributed by atoms with E-state index in [1.54, 1.807) is 4.90 Å². The molecule has 1 unspecified atom stereocenters. The molecule has 1 aromatic carbocycles. The summed E-state index contributed by atoms with van der Waals surface area (Å²) in [5.41, 5.74) is 2.19. The predicted octanol–water partition coefficient (Wildman–Crippen LogP) is 0.985. The first kappa shape index (κ1) is 14.6. The molecule has 0 bridgehead atoms. The first-order valence-electron chi connectivity index (χ1n) is 7.44. The number of piperazine rings is 1. The second-order valence-electron chi connectivity index (χ2n) is 5.54. The Morgan fingerprint density at radius 3 is 2.95 bits per heavy atom. The predicted molar refractivity (Wildman–Crippen MR) is 82.6 cm³/mol. The van der Waals surface area contributed by atoms with Gasteiger partial charge in [-0.2, -0.15) is 0 Å². The number of benzene rings is 1. The number of hydrogen-bond donors (Lipinski definition) is 3. The summed E-state index contributed by atoms with van der Waals surface area (Å²) in [6, 6.07) is 7.34. The number of carbonyl (C=O) groups is 2. The maximum atomic E-state index is 12.3. The van der Waals surface area contributed by atoms with Gasteiger partial charge in [0, 0.05) is 43.2 Å². The molecule has 6 heteroatoms. The number of carboxylic acid groups (broad SMARTS) is 1. The Morgan fingerprint density at radius 2 is 2.14 bits per heavy atom. The smallest absolute Gasteiger partial charge is 0.322 e. The molecule has 1 fully saturated rings. The summed E-state index contributed by atoms with van der Waals surface area (Å²) in [6.45, 7) is 1.33. The van der Waals surface area contributed by atoms with Gasteiger partial charge in [0.05, 0.1) is 0 Å². The summed E-state index contributed by atoms with van der Waals surface area (Å²) in [7, 11) is 0.